The summed E-state index contributed by atoms with van der Waals surface area (Å²) in [5, 5.41) is 3.61. The number of nitrogens with one attached hydrogen (secondary N) is 1. The van der Waals surface area contributed by atoms with E-state index >= 15 is 0 Å². The molecular weight excluding hydrogens is 374 g/mol. The van der Waals surface area contributed by atoms with Crippen molar-refractivity contribution < 1.29 is 14.2 Å². The quantitative estimate of drug-likeness (QED) is 0.578. The molecule has 4 rings (SSSR count). The maximum atomic E-state index is 5.99. The van der Waals surface area contributed by atoms with Crippen molar-refractivity contribution in [2.24, 2.45) is 5.92 Å². The van der Waals surface area contributed by atoms with Gasteiger partial charge in [-0.05, 0) is 88.1 Å². The van der Waals surface area contributed by atoms with E-state index in [-0.39, 0.29) is 5.60 Å². The Bertz CT molecular complexity index is 831. The molecule has 1 N–H and O–H groups in total. The van der Waals surface area contributed by atoms with Crippen molar-refractivity contribution in [3.8, 4) is 11.5 Å². The zero-order chi connectivity index (χ0) is 21.0. The van der Waals surface area contributed by atoms with Gasteiger partial charge in [0.2, 0.25) is 6.79 Å². The SMILES string of the molecule is Cc1ccc([C@@H](CCCNCc2ccc3c(c2)OCO3)[C@@H]2CCOC(C)(C)C2)cc1. The molecule has 2 aromatic carbocycles. The Morgan fingerprint density at radius 1 is 1.07 bits per heavy atom. The molecule has 4 nitrogen and oxygen atoms in total. The fraction of sp³-hybridized carbons (Fsp3) is 0.538. The van der Waals surface area contributed by atoms with Gasteiger partial charge >= 0.3 is 0 Å². The third-order valence-electron chi connectivity index (χ3n) is 6.44. The maximum Gasteiger partial charge on any atom is 0.231 e. The molecule has 2 aliphatic heterocycles. The molecule has 0 amide bonds. The highest BCUT2D eigenvalue weighted by Gasteiger charge is 2.33. The van der Waals surface area contributed by atoms with E-state index < -0.39 is 0 Å². The third kappa shape index (κ3) is 5.35. The molecule has 2 aliphatic rings. The van der Waals surface area contributed by atoms with Crippen molar-refractivity contribution in [3.63, 3.8) is 0 Å². The van der Waals surface area contributed by atoms with Crippen LogP contribution in [0.1, 0.15) is 62.1 Å². The number of hydrogen-bond donors (Lipinski definition) is 1. The summed E-state index contributed by atoms with van der Waals surface area (Å²) in [4.78, 5) is 0. The van der Waals surface area contributed by atoms with Gasteiger partial charge in [-0.1, -0.05) is 35.9 Å². The van der Waals surface area contributed by atoms with Crippen LogP contribution in [-0.4, -0.2) is 25.5 Å². The van der Waals surface area contributed by atoms with Crippen molar-refractivity contribution in [2.45, 2.75) is 64.5 Å². The topological polar surface area (TPSA) is 39.7 Å². The monoisotopic (exact) mass is 409 g/mol. The van der Waals surface area contributed by atoms with Gasteiger partial charge in [-0.25, -0.2) is 0 Å². The van der Waals surface area contributed by atoms with Gasteiger partial charge in [-0.15, -0.1) is 0 Å². The average Bonchev–Trinajstić information content (AvgIpc) is 3.19. The summed E-state index contributed by atoms with van der Waals surface area (Å²) in [6.07, 6.45) is 4.67. The highest BCUT2D eigenvalue weighted by Crippen LogP contribution is 2.40. The fourth-order valence-corrected chi connectivity index (χ4v) is 4.84. The second kappa shape index (κ2) is 9.40. The van der Waals surface area contributed by atoms with Crippen LogP contribution in [0.3, 0.4) is 0 Å². The molecule has 1 saturated heterocycles. The van der Waals surface area contributed by atoms with E-state index in [0.29, 0.717) is 18.6 Å². The van der Waals surface area contributed by atoms with E-state index in [4.69, 9.17) is 14.2 Å². The molecular formula is C26H35NO3. The van der Waals surface area contributed by atoms with Crippen molar-refractivity contribution in [1.82, 2.24) is 5.32 Å². The predicted octanol–water partition coefficient (Wildman–Crippen LogP) is 5.58. The first-order chi connectivity index (χ1) is 14.5. The minimum absolute atomic E-state index is 0.0104. The van der Waals surface area contributed by atoms with E-state index in [1.807, 2.05) is 6.07 Å². The Morgan fingerprint density at radius 2 is 1.87 bits per heavy atom. The van der Waals surface area contributed by atoms with Crippen LogP contribution in [-0.2, 0) is 11.3 Å². The van der Waals surface area contributed by atoms with E-state index in [0.717, 1.165) is 44.0 Å². The number of benzene rings is 2. The van der Waals surface area contributed by atoms with Crippen molar-refractivity contribution in [3.05, 3.63) is 59.2 Å². The smallest absolute Gasteiger partial charge is 0.231 e. The first-order valence-corrected chi connectivity index (χ1v) is 11.3. The molecule has 4 heteroatoms. The lowest BCUT2D eigenvalue weighted by Gasteiger charge is -2.39. The van der Waals surface area contributed by atoms with Gasteiger partial charge < -0.3 is 19.5 Å². The van der Waals surface area contributed by atoms with Gasteiger partial charge in [0.05, 0.1) is 5.60 Å². The predicted molar refractivity (Wildman–Crippen MR) is 120 cm³/mol. The van der Waals surface area contributed by atoms with Crippen LogP contribution in [0.25, 0.3) is 0 Å². The van der Waals surface area contributed by atoms with Gasteiger partial charge in [0.1, 0.15) is 0 Å². The number of aryl methyl sites for hydroxylation is 1. The van der Waals surface area contributed by atoms with Crippen molar-refractivity contribution >= 4 is 0 Å². The lowest BCUT2D eigenvalue weighted by atomic mass is 9.74. The number of fused-ring (bicyclic) bond motifs is 1. The standard InChI is InChI=1S/C26H35NO3/c1-19-6-9-21(10-7-19)23(22-12-14-30-26(2,3)16-22)5-4-13-27-17-20-8-11-24-25(15-20)29-18-28-24/h6-11,15,22-23,27H,4-5,12-14,16-18H2,1-3H3/t22-,23-/m1/s1. The van der Waals surface area contributed by atoms with Crippen LogP contribution in [0.15, 0.2) is 42.5 Å². The second-order valence-corrected chi connectivity index (χ2v) is 9.38. The van der Waals surface area contributed by atoms with Crippen LogP contribution < -0.4 is 14.8 Å². The van der Waals surface area contributed by atoms with Crippen LogP contribution >= 0.6 is 0 Å². The molecule has 30 heavy (non-hydrogen) atoms. The molecule has 2 atom stereocenters. The Balaban J connectivity index is 1.32. The van der Waals surface area contributed by atoms with E-state index in [1.54, 1.807) is 0 Å². The molecule has 162 valence electrons. The Morgan fingerprint density at radius 3 is 2.67 bits per heavy atom. The molecule has 0 spiro atoms. The first kappa shape index (κ1) is 21.2. The van der Waals surface area contributed by atoms with E-state index in [1.165, 1.54) is 29.5 Å². The molecule has 0 radical (unpaired) electrons. The number of ether oxygens (including phenoxy) is 3. The Labute approximate surface area is 180 Å². The normalized spacial score (nSPS) is 20.8. The summed E-state index contributed by atoms with van der Waals surface area (Å²) >= 11 is 0. The zero-order valence-electron chi connectivity index (χ0n) is 18.6. The molecule has 0 aromatic heterocycles. The highest BCUT2D eigenvalue weighted by atomic mass is 16.7. The van der Waals surface area contributed by atoms with Crippen LogP contribution in [0.5, 0.6) is 11.5 Å². The first-order valence-electron chi connectivity index (χ1n) is 11.3. The summed E-state index contributed by atoms with van der Waals surface area (Å²) in [6, 6.07) is 15.4. The molecule has 2 heterocycles. The lowest BCUT2D eigenvalue weighted by molar-refractivity contribution is -0.0772. The summed E-state index contributed by atoms with van der Waals surface area (Å²) in [5.74, 6) is 2.99. The maximum absolute atomic E-state index is 5.99. The summed E-state index contributed by atoms with van der Waals surface area (Å²) in [5.41, 5.74) is 4.04. The van der Waals surface area contributed by atoms with Crippen molar-refractivity contribution in [1.29, 1.82) is 0 Å². The molecule has 2 aromatic rings. The van der Waals surface area contributed by atoms with Gasteiger partial charge in [-0.3, -0.25) is 0 Å². The molecule has 0 unspecified atom stereocenters. The fourth-order valence-electron chi connectivity index (χ4n) is 4.84. The number of hydrogen-bond acceptors (Lipinski definition) is 4. The second-order valence-electron chi connectivity index (χ2n) is 9.38. The van der Waals surface area contributed by atoms with Gasteiger partial charge in [0.25, 0.3) is 0 Å². The van der Waals surface area contributed by atoms with Crippen LogP contribution in [0.2, 0.25) is 0 Å². The van der Waals surface area contributed by atoms with E-state index in [2.05, 4.69) is 62.5 Å². The van der Waals surface area contributed by atoms with Crippen LogP contribution in [0.4, 0.5) is 0 Å². The zero-order valence-corrected chi connectivity index (χ0v) is 18.6. The molecule has 0 saturated carbocycles. The summed E-state index contributed by atoms with van der Waals surface area (Å²) < 4.78 is 16.9. The minimum atomic E-state index is -0.0104. The third-order valence-corrected chi connectivity index (χ3v) is 6.44. The van der Waals surface area contributed by atoms with E-state index in [9.17, 15) is 0 Å². The molecule has 0 bridgehead atoms. The Hall–Kier alpha value is -2.04. The molecule has 0 aliphatic carbocycles. The van der Waals surface area contributed by atoms with Gasteiger partial charge in [0.15, 0.2) is 11.5 Å². The van der Waals surface area contributed by atoms with Crippen molar-refractivity contribution in [2.75, 3.05) is 19.9 Å². The van der Waals surface area contributed by atoms with Gasteiger partial charge in [-0.2, -0.15) is 0 Å². The van der Waals surface area contributed by atoms with Gasteiger partial charge in [0, 0.05) is 13.2 Å². The minimum Gasteiger partial charge on any atom is -0.454 e. The number of rotatable bonds is 8. The summed E-state index contributed by atoms with van der Waals surface area (Å²) in [7, 11) is 0. The summed E-state index contributed by atoms with van der Waals surface area (Å²) in [6.45, 7) is 9.71. The Kier molecular flexibility index (Phi) is 6.64. The highest BCUT2D eigenvalue weighted by molar-refractivity contribution is 5.44. The van der Waals surface area contributed by atoms with Crippen LogP contribution in [0, 0.1) is 12.8 Å². The lowest BCUT2D eigenvalue weighted by Crippen LogP contribution is -2.36. The largest absolute Gasteiger partial charge is 0.454 e. The molecule has 1 fully saturated rings. The average molecular weight is 410 g/mol.